The monoisotopic (exact) mass is 399 g/mol. The highest BCUT2D eigenvalue weighted by Crippen LogP contribution is 2.33. The van der Waals surface area contributed by atoms with Crippen LogP contribution in [0.2, 0.25) is 0 Å². The molecule has 4 amide bonds. The summed E-state index contributed by atoms with van der Waals surface area (Å²) in [5.41, 5.74) is 0.206. The van der Waals surface area contributed by atoms with Gasteiger partial charge in [-0.1, -0.05) is 37.8 Å². The van der Waals surface area contributed by atoms with Gasteiger partial charge in [-0.25, -0.2) is 4.79 Å². The van der Waals surface area contributed by atoms with E-state index >= 15 is 0 Å². The molecule has 4 rings (SSSR count). The second-order valence-corrected chi connectivity index (χ2v) is 8.42. The molecule has 1 aliphatic heterocycles. The predicted molar refractivity (Wildman–Crippen MR) is 107 cm³/mol. The maximum atomic E-state index is 13.1. The Morgan fingerprint density at radius 3 is 2.38 bits per heavy atom. The normalized spacial score (nSPS) is 21.1. The van der Waals surface area contributed by atoms with Crippen molar-refractivity contribution < 1.29 is 19.1 Å². The standard InChI is InChI=1S/C22H29N3O4/c1-29-18-10-6-16(7-11-18)14-24(17-8-9-17)19(26)15-25-20(27)22(23-21(25)28)12-4-2-3-5-13-22/h6-7,10-11,17H,2-5,8-9,12-15H2,1H3,(H,23,28). The summed E-state index contributed by atoms with van der Waals surface area (Å²) in [7, 11) is 1.62. The minimum absolute atomic E-state index is 0.169. The smallest absolute Gasteiger partial charge is 0.325 e. The Morgan fingerprint density at radius 2 is 1.79 bits per heavy atom. The molecule has 1 saturated heterocycles. The second kappa shape index (κ2) is 8.05. The molecule has 3 fully saturated rings. The Balaban J connectivity index is 1.44. The van der Waals surface area contributed by atoms with E-state index in [4.69, 9.17) is 4.74 Å². The number of methoxy groups -OCH3 is 1. The molecule has 7 nitrogen and oxygen atoms in total. The molecule has 1 aromatic rings. The maximum Gasteiger partial charge on any atom is 0.325 e. The van der Waals surface area contributed by atoms with E-state index in [0.717, 1.165) is 54.7 Å². The van der Waals surface area contributed by atoms with E-state index in [1.54, 1.807) is 12.0 Å². The summed E-state index contributed by atoms with van der Waals surface area (Å²) in [6, 6.07) is 7.39. The number of nitrogens with zero attached hydrogens (tertiary/aromatic N) is 2. The maximum absolute atomic E-state index is 13.1. The van der Waals surface area contributed by atoms with E-state index in [-0.39, 0.29) is 24.4 Å². The molecule has 2 aliphatic carbocycles. The first-order valence-corrected chi connectivity index (χ1v) is 10.6. The fourth-order valence-electron chi connectivity index (χ4n) is 4.45. The van der Waals surface area contributed by atoms with E-state index in [2.05, 4.69) is 5.32 Å². The van der Waals surface area contributed by atoms with Gasteiger partial charge < -0.3 is 15.0 Å². The summed E-state index contributed by atoms with van der Waals surface area (Å²) in [5, 5.41) is 2.91. The number of carbonyl (C=O) groups is 3. The third-order valence-corrected chi connectivity index (χ3v) is 6.32. The topological polar surface area (TPSA) is 79.0 Å². The van der Waals surface area contributed by atoms with Gasteiger partial charge in [0.25, 0.3) is 5.91 Å². The molecule has 0 atom stereocenters. The van der Waals surface area contributed by atoms with Gasteiger partial charge in [-0.2, -0.15) is 0 Å². The summed E-state index contributed by atoms with van der Waals surface area (Å²) in [4.78, 5) is 41.6. The number of rotatable bonds is 6. The van der Waals surface area contributed by atoms with E-state index in [0.29, 0.717) is 19.4 Å². The molecule has 156 valence electrons. The largest absolute Gasteiger partial charge is 0.497 e. The van der Waals surface area contributed by atoms with Gasteiger partial charge in [-0.3, -0.25) is 14.5 Å². The lowest BCUT2D eigenvalue weighted by Crippen LogP contribution is -2.47. The van der Waals surface area contributed by atoms with Crippen molar-refractivity contribution in [3.8, 4) is 5.75 Å². The number of hydrogen-bond acceptors (Lipinski definition) is 4. The molecular weight excluding hydrogens is 370 g/mol. The Hall–Kier alpha value is -2.57. The van der Waals surface area contributed by atoms with E-state index in [1.165, 1.54) is 0 Å². The second-order valence-electron chi connectivity index (χ2n) is 8.42. The molecule has 7 heteroatoms. The SMILES string of the molecule is COc1ccc(CN(C(=O)CN2C(=O)NC3(CCCCCC3)C2=O)C2CC2)cc1. The van der Waals surface area contributed by atoms with Crippen molar-refractivity contribution in [2.24, 2.45) is 0 Å². The molecule has 1 aromatic carbocycles. The first kappa shape index (κ1) is 19.7. The zero-order valence-corrected chi connectivity index (χ0v) is 17.0. The lowest BCUT2D eigenvalue weighted by molar-refractivity contribution is -0.140. The lowest BCUT2D eigenvalue weighted by atomic mass is 9.90. The fourth-order valence-corrected chi connectivity index (χ4v) is 4.45. The van der Waals surface area contributed by atoms with Crippen LogP contribution in [0.3, 0.4) is 0 Å². The van der Waals surface area contributed by atoms with Crippen molar-refractivity contribution in [2.75, 3.05) is 13.7 Å². The number of carbonyl (C=O) groups excluding carboxylic acids is 3. The van der Waals surface area contributed by atoms with Gasteiger partial charge in [0, 0.05) is 12.6 Å². The number of amides is 4. The van der Waals surface area contributed by atoms with Crippen molar-refractivity contribution in [1.82, 2.24) is 15.1 Å². The zero-order chi connectivity index (χ0) is 20.4. The molecule has 3 aliphatic rings. The van der Waals surface area contributed by atoms with Gasteiger partial charge in [0.05, 0.1) is 7.11 Å². The summed E-state index contributed by atoms with van der Waals surface area (Å²) < 4.78 is 5.19. The van der Waals surface area contributed by atoms with Crippen LogP contribution in [0.1, 0.15) is 56.9 Å². The highest BCUT2D eigenvalue weighted by atomic mass is 16.5. The van der Waals surface area contributed by atoms with Gasteiger partial charge in [-0.15, -0.1) is 0 Å². The van der Waals surface area contributed by atoms with Gasteiger partial charge in [0.1, 0.15) is 17.8 Å². The van der Waals surface area contributed by atoms with Gasteiger partial charge in [0.15, 0.2) is 0 Å². The van der Waals surface area contributed by atoms with Crippen molar-refractivity contribution in [3.05, 3.63) is 29.8 Å². The molecule has 0 bridgehead atoms. The molecule has 29 heavy (non-hydrogen) atoms. The molecular formula is C22H29N3O4. The minimum atomic E-state index is -0.797. The summed E-state index contributed by atoms with van der Waals surface area (Å²) in [6.45, 7) is 0.293. The average Bonchev–Trinajstić information content (AvgIpc) is 3.55. The summed E-state index contributed by atoms with van der Waals surface area (Å²) in [5.74, 6) is 0.376. The quantitative estimate of drug-likeness (QED) is 0.746. The van der Waals surface area contributed by atoms with Gasteiger partial charge in [-0.05, 0) is 43.4 Å². The van der Waals surface area contributed by atoms with E-state index in [9.17, 15) is 14.4 Å². The third-order valence-electron chi connectivity index (χ3n) is 6.32. The Bertz CT molecular complexity index is 780. The van der Waals surface area contributed by atoms with Crippen LogP contribution in [0, 0.1) is 0 Å². The van der Waals surface area contributed by atoms with Crippen molar-refractivity contribution >= 4 is 17.8 Å². The molecule has 0 aromatic heterocycles. The Morgan fingerprint density at radius 1 is 1.14 bits per heavy atom. The molecule has 1 spiro atoms. The summed E-state index contributed by atoms with van der Waals surface area (Å²) >= 11 is 0. The molecule has 1 N–H and O–H groups in total. The van der Waals surface area contributed by atoms with Crippen LogP contribution in [0.15, 0.2) is 24.3 Å². The van der Waals surface area contributed by atoms with Gasteiger partial charge in [0.2, 0.25) is 5.91 Å². The van der Waals surface area contributed by atoms with Crippen LogP contribution in [-0.2, 0) is 16.1 Å². The third kappa shape index (κ3) is 4.09. The molecule has 2 saturated carbocycles. The number of nitrogens with one attached hydrogen (secondary N) is 1. The first-order valence-electron chi connectivity index (χ1n) is 10.6. The number of imide groups is 1. The van der Waals surface area contributed by atoms with Crippen LogP contribution in [0.4, 0.5) is 4.79 Å². The number of hydrogen-bond donors (Lipinski definition) is 1. The van der Waals surface area contributed by atoms with Crippen LogP contribution in [0.5, 0.6) is 5.75 Å². The van der Waals surface area contributed by atoms with E-state index < -0.39 is 11.6 Å². The molecule has 1 heterocycles. The van der Waals surface area contributed by atoms with Crippen LogP contribution in [-0.4, -0.2) is 52.9 Å². The van der Waals surface area contributed by atoms with E-state index in [1.807, 2.05) is 24.3 Å². The lowest BCUT2D eigenvalue weighted by Gasteiger charge is -2.26. The summed E-state index contributed by atoms with van der Waals surface area (Å²) in [6.07, 6.45) is 7.29. The number of ether oxygens (including phenoxy) is 1. The zero-order valence-electron chi connectivity index (χ0n) is 17.0. The van der Waals surface area contributed by atoms with Crippen LogP contribution in [0.25, 0.3) is 0 Å². The van der Waals surface area contributed by atoms with Crippen LogP contribution >= 0.6 is 0 Å². The minimum Gasteiger partial charge on any atom is -0.497 e. The number of benzene rings is 1. The highest BCUT2D eigenvalue weighted by Gasteiger charge is 2.51. The number of urea groups is 1. The highest BCUT2D eigenvalue weighted by molar-refractivity contribution is 6.09. The van der Waals surface area contributed by atoms with Gasteiger partial charge >= 0.3 is 6.03 Å². The first-order chi connectivity index (χ1) is 14.0. The van der Waals surface area contributed by atoms with Crippen molar-refractivity contribution in [1.29, 1.82) is 0 Å². The van der Waals surface area contributed by atoms with Crippen molar-refractivity contribution in [2.45, 2.75) is 69.5 Å². The van der Waals surface area contributed by atoms with Crippen molar-refractivity contribution in [3.63, 3.8) is 0 Å². The Kier molecular flexibility index (Phi) is 5.48. The molecule has 0 radical (unpaired) electrons. The predicted octanol–water partition coefficient (Wildman–Crippen LogP) is 2.83. The fraction of sp³-hybridized carbons (Fsp3) is 0.591. The van der Waals surface area contributed by atoms with Crippen LogP contribution < -0.4 is 10.1 Å². The molecule has 0 unspecified atom stereocenters. The average molecular weight is 399 g/mol. The Labute approximate surface area is 171 Å².